The molecule has 0 saturated carbocycles. The Labute approximate surface area is 221 Å². The number of alkyl halides is 1. The summed E-state index contributed by atoms with van der Waals surface area (Å²) >= 11 is 0. The number of nitrogen functional groups attached to an aromatic ring is 1. The standard InChI is InChI=1S/C28H35FN6O3/c1-3-35-27(30)22(16-24(36)31-2)26(38)21-10-11-23(33-28(21)35)19-8-6-18(7-9-19)15-25(37)32-17-20-5-4-13-34(20)14-12-29/h6-11,20H,3-5,12-17,30H2,1-2H3,(H,31,36)(H,32,37)/t20-/m1/s1. The summed E-state index contributed by atoms with van der Waals surface area (Å²) < 4.78 is 14.5. The average molecular weight is 523 g/mol. The summed E-state index contributed by atoms with van der Waals surface area (Å²) in [6, 6.07) is 11.3. The van der Waals surface area contributed by atoms with Crippen molar-refractivity contribution in [3.63, 3.8) is 0 Å². The third kappa shape index (κ3) is 5.85. The second-order valence-electron chi connectivity index (χ2n) is 9.55. The molecule has 4 rings (SSSR count). The predicted octanol–water partition coefficient (Wildman–Crippen LogP) is 2.05. The summed E-state index contributed by atoms with van der Waals surface area (Å²) in [5.74, 6) is -0.111. The highest BCUT2D eigenvalue weighted by Crippen LogP contribution is 2.23. The van der Waals surface area contributed by atoms with Crippen molar-refractivity contribution in [3.8, 4) is 11.3 Å². The number of benzene rings is 1. The molecule has 202 valence electrons. The summed E-state index contributed by atoms with van der Waals surface area (Å²) in [5, 5.41) is 5.92. The molecule has 1 aromatic carbocycles. The molecule has 2 aromatic heterocycles. The number of aryl methyl sites for hydroxylation is 1. The highest BCUT2D eigenvalue weighted by atomic mass is 19.1. The number of amides is 2. The van der Waals surface area contributed by atoms with Crippen LogP contribution >= 0.6 is 0 Å². The number of rotatable bonds is 10. The van der Waals surface area contributed by atoms with Crippen LogP contribution < -0.4 is 21.8 Å². The van der Waals surface area contributed by atoms with Gasteiger partial charge in [0, 0.05) is 43.9 Å². The van der Waals surface area contributed by atoms with Gasteiger partial charge in [-0.25, -0.2) is 9.37 Å². The SMILES string of the molecule is CCn1c(N)c(CC(=O)NC)c(=O)c2ccc(-c3ccc(CC(=O)NC[C@H]4CCCN4CCF)cc3)nc21. The average Bonchev–Trinajstić information content (AvgIpc) is 3.37. The zero-order valence-corrected chi connectivity index (χ0v) is 21.9. The number of likely N-dealkylation sites (N-methyl/N-ethyl adjacent to an activating group) is 1. The minimum atomic E-state index is -0.370. The topological polar surface area (TPSA) is 122 Å². The minimum Gasteiger partial charge on any atom is -0.385 e. The number of hydrogen-bond donors (Lipinski definition) is 3. The second-order valence-corrected chi connectivity index (χ2v) is 9.55. The minimum absolute atomic E-state index is 0.0660. The third-order valence-electron chi connectivity index (χ3n) is 7.20. The van der Waals surface area contributed by atoms with Crippen molar-refractivity contribution in [2.24, 2.45) is 0 Å². The highest BCUT2D eigenvalue weighted by molar-refractivity contribution is 5.85. The van der Waals surface area contributed by atoms with Gasteiger partial charge in [-0.3, -0.25) is 19.3 Å². The van der Waals surface area contributed by atoms with E-state index in [0.29, 0.717) is 36.4 Å². The lowest BCUT2D eigenvalue weighted by Crippen LogP contribution is -2.41. The normalized spacial score (nSPS) is 15.6. The van der Waals surface area contributed by atoms with E-state index in [1.54, 1.807) is 16.7 Å². The van der Waals surface area contributed by atoms with Gasteiger partial charge in [0.05, 0.1) is 23.9 Å². The van der Waals surface area contributed by atoms with Gasteiger partial charge < -0.3 is 20.9 Å². The van der Waals surface area contributed by atoms with Gasteiger partial charge in [-0.15, -0.1) is 0 Å². The van der Waals surface area contributed by atoms with Crippen LogP contribution in [0.25, 0.3) is 22.3 Å². The van der Waals surface area contributed by atoms with E-state index < -0.39 is 0 Å². The molecular weight excluding hydrogens is 487 g/mol. The number of nitrogens with zero attached hydrogens (tertiary/aromatic N) is 3. The molecule has 1 atom stereocenters. The number of fused-ring (bicyclic) bond motifs is 1. The third-order valence-corrected chi connectivity index (χ3v) is 7.20. The van der Waals surface area contributed by atoms with E-state index in [1.165, 1.54) is 7.05 Å². The maximum atomic E-state index is 13.1. The molecule has 0 radical (unpaired) electrons. The number of carbonyl (C=O) groups is 2. The maximum absolute atomic E-state index is 13.1. The summed E-state index contributed by atoms with van der Waals surface area (Å²) in [6.07, 6.45) is 2.16. The Morgan fingerprint density at radius 1 is 1.13 bits per heavy atom. The summed E-state index contributed by atoms with van der Waals surface area (Å²) in [6.45, 7) is 3.86. The highest BCUT2D eigenvalue weighted by Gasteiger charge is 2.24. The van der Waals surface area contributed by atoms with E-state index in [1.807, 2.05) is 31.2 Å². The Balaban J connectivity index is 1.49. The Morgan fingerprint density at radius 2 is 1.89 bits per heavy atom. The number of aromatic nitrogens is 2. The molecule has 1 fully saturated rings. The number of nitrogens with one attached hydrogen (secondary N) is 2. The van der Waals surface area contributed by atoms with E-state index in [0.717, 1.165) is 30.5 Å². The molecule has 3 heterocycles. The van der Waals surface area contributed by atoms with E-state index in [4.69, 9.17) is 10.7 Å². The second kappa shape index (κ2) is 12.2. The van der Waals surface area contributed by atoms with Crippen LogP contribution in [0.2, 0.25) is 0 Å². The lowest BCUT2D eigenvalue weighted by molar-refractivity contribution is -0.121. The van der Waals surface area contributed by atoms with E-state index in [9.17, 15) is 18.8 Å². The molecule has 1 aliphatic rings. The molecule has 1 aliphatic heterocycles. The molecule has 9 nitrogen and oxygen atoms in total. The molecule has 10 heteroatoms. The molecule has 1 saturated heterocycles. The van der Waals surface area contributed by atoms with Gasteiger partial charge in [-0.1, -0.05) is 24.3 Å². The monoisotopic (exact) mass is 522 g/mol. The van der Waals surface area contributed by atoms with Crippen LogP contribution in [0.3, 0.4) is 0 Å². The Morgan fingerprint density at radius 3 is 2.58 bits per heavy atom. The number of likely N-dealkylation sites (tertiary alicyclic amines) is 1. The molecule has 0 bridgehead atoms. The van der Waals surface area contributed by atoms with Crippen molar-refractivity contribution in [3.05, 3.63) is 57.7 Å². The largest absolute Gasteiger partial charge is 0.385 e. The number of nitrogens with two attached hydrogens (primary N) is 1. The number of anilines is 1. The first-order valence-corrected chi connectivity index (χ1v) is 13.0. The smallest absolute Gasteiger partial charge is 0.224 e. The fourth-order valence-electron chi connectivity index (χ4n) is 5.09. The quantitative estimate of drug-likeness (QED) is 0.375. The van der Waals surface area contributed by atoms with Crippen molar-refractivity contribution < 1.29 is 14.0 Å². The predicted molar refractivity (Wildman–Crippen MR) is 147 cm³/mol. The van der Waals surface area contributed by atoms with Gasteiger partial charge >= 0.3 is 0 Å². The lowest BCUT2D eigenvalue weighted by atomic mass is 10.0. The number of carbonyl (C=O) groups excluding carboxylic acids is 2. The molecule has 0 spiro atoms. The molecule has 38 heavy (non-hydrogen) atoms. The van der Waals surface area contributed by atoms with Crippen LogP contribution in [0, 0.1) is 0 Å². The maximum Gasteiger partial charge on any atom is 0.224 e. The van der Waals surface area contributed by atoms with Crippen molar-refractivity contribution in [1.82, 2.24) is 25.1 Å². The van der Waals surface area contributed by atoms with Gasteiger partial charge in [0.25, 0.3) is 0 Å². The molecule has 2 amide bonds. The fourth-order valence-corrected chi connectivity index (χ4v) is 5.09. The number of pyridine rings is 2. The van der Waals surface area contributed by atoms with E-state index in [2.05, 4.69) is 15.5 Å². The van der Waals surface area contributed by atoms with Crippen LogP contribution in [-0.4, -0.2) is 65.7 Å². The lowest BCUT2D eigenvalue weighted by Gasteiger charge is -2.23. The van der Waals surface area contributed by atoms with E-state index >= 15 is 0 Å². The van der Waals surface area contributed by atoms with Crippen LogP contribution in [0.5, 0.6) is 0 Å². The molecule has 0 unspecified atom stereocenters. The molecule has 3 aromatic rings. The van der Waals surface area contributed by atoms with Gasteiger partial charge in [-0.2, -0.15) is 0 Å². The zero-order valence-electron chi connectivity index (χ0n) is 21.9. The number of halogens is 1. The first-order valence-electron chi connectivity index (χ1n) is 13.0. The molecule has 0 aliphatic carbocycles. The zero-order chi connectivity index (χ0) is 27.2. The van der Waals surface area contributed by atoms with Gasteiger partial charge in [0.1, 0.15) is 18.1 Å². The molecular formula is C28H35FN6O3. The Hall–Kier alpha value is -3.79. The van der Waals surface area contributed by atoms with Crippen molar-refractivity contribution in [2.75, 3.05) is 39.1 Å². The van der Waals surface area contributed by atoms with Crippen LogP contribution in [0.15, 0.2) is 41.2 Å². The summed E-state index contributed by atoms with van der Waals surface area (Å²) in [4.78, 5) is 44.3. The Kier molecular flexibility index (Phi) is 8.73. The van der Waals surface area contributed by atoms with Crippen molar-refractivity contribution >= 4 is 28.7 Å². The van der Waals surface area contributed by atoms with Crippen molar-refractivity contribution in [2.45, 2.75) is 45.2 Å². The Bertz CT molecular complexity index is 1370. The van der Waals surface area contributed by atoms with Crippen molar-refractivity contribution in [1.29, 1.82) is 0 Å². The van der Waals surface area contributed by atoms with Gasteiger partial charge in [-0.05, 0) is 44.0 Å². The first-order chi connectivity index (χ1) is 18.4. The van der Waals surface area contributed by atoms with Crippen LogP contribution in [-0.2, 0) is 29.0 Å². The van der Waals surface area contributed by atoms with Gasteiger partial charge in [0.2, 0.25) is 11.8 Å². The first kappa shape index (κ1) is 27.3. The van der Waals surface area contributed by atoms with Crippen LogP contribution in [0.1, 0.15) is 30.9 Å². The fraction of sp³-hybridized carbons (Fsp3) is 0.429. The van der Waals surface area contributed by atoms with Gasteiger partial charge in [0.15, 0.2) is 5.43 Å². The van der Waals surface area contributed by atoms with E-state index in [-0.39, 0.29) is 54.2 Å². The number of hydrogen-bond acceptors (Lipinski definition) is 6. The van der Waals surface area contributed by atoms with Crippen LogP contribution in [0.4, 0.5) is 10.2 Å². The summed E-state index contributed by atoms with van der Waals surface area (Å²) in [5.41, 5.74) is 9.10. The summed E-state index contributed by atoms with van der Waals surface area (Å²) in [7, 11) is 1.52. The molecule has 4 N–H and O–H groups in total.